The molecule has 2 amide bonds. The van der Waals surface area contributed by atoms with Gasteiger partial charge >= 0.3 is 0 Å². The van der Waals surface area contributed by atoms with Crippen molar-refractivity contribution in [2.75, 3.05) is 30.3 Å². The van der Waals surface area contributed by atoms with Crippen molar-refractivity contribution in [1.29, 1.82) is 0 Å². The minimum absolute atomic E-state index is 0.00504. The highest BCUT2D eigenvalue weighted by Gasteiger charge is 2.34. The monoisotopic (exact) mass is 498 g/mol. The number of nitrogens with zero attached hydrogens (tertiary/aromatic N) is 3. The molecule has 3 heterocycles. The van der Waals surface area contributed by atoms with E-state index in [1.54, 1.807) is 6.07 Å². The van der Waals surface area contributed by atoms with Gasteiger partial charge in [-0.1, -0.05) is 30.3 Å². The normalized spacial score (nSPS) is 19.2. The van der Waals surface area contributed by atoms with E-state index < -0.39 is 10.0 Å². The van der Waals surface area contributed by atoms with Crippen molar-refractivity contribution in [2.24, 2.45) is 4.40 Å². The molecule has 2 aromatic carbocycles. The van der Waals surface area contributed by atoms with E-state index in [2.05, 4.69) is 9.71 Å². The van der Waals surface area contributed by atoms with E-state index in [4.69, 9.17) is 0 Å². The fourth-order valence-corrected chi connectivity index (χ4v) is 6.77. The SMILES string of the molecule is O=C(CCc1ccccc1)NC1CCN(C(=O)c2ccc3c(c2)SC2=NS(=O)(=O)CCN23)CC1. The van der Waals surface area contributed by atoms with Crippen LogP contribution >= 0.6 is 11.8 Å². The third-order valence-corrected chi connectivity index (χ3v) is 8.66. The van der Waals surface area contributed by atoms with Crippen molar-refractivity contribution in [3.05, 3.63) is 59.7 Å². The second kappa shape index (κ2) is 9.42. The summed E-state index contributed by atoms with van der Waals surface area (Å²) >= 11 is 1.29. The number of rotatable bonds is 5. The first-order chi connectivity index (χ1) is 16.4. The molecule has 10 heteroatoms. The Hall–Kier alpha value is -2.85. The van der Waals surface area contributed by atoms with Gasteiger partial charge in [0, 0.05) is 42.6 Å². The summed E-state index contributed by atoms with van der Waals surface area (Å²) in [6.45, 7) is 1.55. The van der Waals surface area contributed by atoms with E-state index >= 15 is 0 Å². The number of sulfonamides is 1. The minimum atomic E-state index is -3.41. The number of amides is 2. The molecule has 3 aliphatic heterocycles. The standard InChI is InChI=1S/C24H26N4O4S2/c29-22(9-6-17-4-2-1-3-5-17)25-19-10-12-27(13-11-19)23(30)18-7-8-20-21(16-18)33-24-26-34(31,32)15-14-28(20)24/h1-5,7-8,16,19H,6,9-15H2,(H,25,29). The van der Waals surface area contributed by atoms with Crippen LogP contribution in [0.4, 0.5) is 5.69 Å². The van der Waals surface area contributed by atoms with Crippen LogP contribution in [-0.2, 0) is 21.2 Å². The molecule has 0 aromatic heterocycles. The molecule has 8 nitrogen and oxygen atoms in total. The van der Waals surface area contributed by atoms with Gasteiger partial charge in [-0.15, -0.1) is 4.40 Å². The van der Waals surface area contributed by atoms with Crippen molar-refractivity contribution in [2.45, 2.75) is 36.6 Å². The lowest BCUT2D eigenvalue weighted by Gasteiger charge is -2.32. The van der Waals surface area contributed by atoms with Crippen LogP contribution in [0.25, 0.3) is 0 Å². The number of benzene rings is 2. The lowest BCUT2D eigenvalue weighted by Crippen LogP contribution is -2.46. The molecule has 0 bridgehead atoms. The number of nitrogens with one attached hydrogen (secondary N) is 1. The zero-order chi connectivity index (χ0) is 23.7. The van der Waals surface area contributed by atoms with Gasteiger partial charge in [0.1, 0.15) is 0 Å². The summed E-state index contributed by atoms with van der Waals surface area (Å²) in [7, 11) is -3.41. The third-order valence-electron chi connectivity index (χ3n) is 6.35. The van der Waals surface area contributed by atoms with Gasteiger partial charge in [0.25, 0.3) is 15.9 Å². The maximum Gasteiger partial charge on any atom is 0.257 e. The number of thioether (sulfide) groups is 1. The average molecular weight is 499 g/mol. The third kappa shape index (κ3) is 4.97. The summed E-state index contributed by atoms with van der Waals surface area (Å²) in [5.74, 6) is -0.00286. The Balaban J connectivity index is 1.14. The predicted octanol–water partition coefficient (Wildman–Crippen LogP) is 2.65. The topological polar surface area (TPSA) is 99.1 Å². The molecule has 0 atom stereocenters. The molecule has 1 N–H and O–H groups in total. The summed E-state index contributed by atoms with van der Waals surface area (Å²) in [4.78, 5) is 30.0. The molecule has 0 aliphatic carbocycles. The fraction of sp³-hybridized carbons (Fsp3) is 0.375. The van der Waals surface area contributed by atoms with Crippen LogP contribution in [0.5, 0.6) is 0 Å². The molecule has 0 saturated carbocycles. The van der Waals surface area contributed by atoms with Gasteiger partial charge in [-0.05, 0) is 54.8 Å². The van der Waals surface area contributed by atoms with Crippen LogP contribution in [0.15, 0.2) is 57.8 Å². The van der Waals surface area contributed by atoms with E-state index in [1.165, 1.54) is 11.8 Å². The van der Waals surface area contributed by atoms with Gasteiger partial charge in [-0.2, -0.15) is 0 Å². The van der Waals surface area contributed by atoms with Gasteiger partial charge < -0.3 is 15.1 Å². The second-order valence-corrected chi connectivity index (χ2v) is 11.5. The first kappa shape index (κ1) is 22.9. The molecule has 0 radical (unpaired) electrons. The maximum atomic E-state index is 13.1. The summed E-state index contributed by atoms with van der Waals surface area (Å²) in [5.41, 5.74) is 2.63. The number of aryl methyl sites for hydroxylation is 1. The molecular weight excluding hydrogens is 472 g/mol. The van der Waals surface area contributed by atoms with Crippen LogP contribution in [0, 0.1) is 0 Å². The molecule has 1 fully saturated rings. The van der Waals surface area contributed by atoms with Crippen molar-refractivity contribution < 1.29 is 18.0 Å². The zero-order valence-corrected chi connectivity index (χ0v) is 20.3. The van der Waals surface area contributed by atoms with E-state index in [0.717, 1.165) is 35.4 Å². The summed E-state index contributed by atoms with van der Waals surface area (Å²) < 4.78 is 27.5. The van der Waals surface area contributed by atoms with Gasteiger partial charge in [0.15, 0.2) is 5.17 Å². The molecule has 0 spiro atoms. The lowest BCUT2D eigenvalue weighted by molar-refractivity contribution is -0.122. The highest BCUT2D eigenvalue weighted by molar-refractivity contribution is 8.15. The first-order valence-corrected chi connectivity index (χ1v) is 13.9. The van der Waals surface area contributed by atoms with Crippen LogP contribution in [0.2, 0.25) is 0 Å². The van der Waals surface area contributed by atoms with E-state index in [1.807, 2.05) is 52.3 Å². The lowest BCUT2D eigenvalue weighted by atomic mass is 10.0. The first-order valence-electron chi connectivity index (χ1n) is 11.4. The van der Waals surface area contributed by atoms with Gasteiger partial charge in [0.05, 0.1) is 11.4 Å². The molecule has 178 valence electrons. The summed E-state index contributed by atoms with van der Waals surface area (Å²) in [6.07, 6.45) is 2.63. The zero-order valence-electron chi connectivity index (χ0n) is 18.6. The molecular formula is C24H26N4O4S2. The van der Waals surface area contributed by atoms with Crippen molar-refractivity contribution in [3.8, 4) is 0 Å². The van der Waals surface area contributed by atoms with E-state index in [-0.39, 0.29) is 23.6 Å². The molecule has 2 aromatic rings. The summed E-state index contributed by atoms with van der Waals surface area (Å²) in [6, 6.07) is 15.5. The Kier molecular flexibility index (Phi) is 6.35. The Labute approximate surface area is 203 Å². The quantitative estimate of drug-likeness (QED) is 0.681. The fourth-order valence-electron chi connectivity index (χ4n) is 4.48. The number of hydrogen-bond acceptors (Lipinski definition) is 6. The average Bonchev–Trinajstić information content (AvgIpc) is 3.19. The molecule has 5 rings (SSSR count). The molecule has 34 heavy (non-hydrogen) atoms. The Morgan fingerprint density at radius 2 is 1.82 bits per heavy atom. The minimum Gasteiger partial charge on any atom is -0.353 e. The maximum absolute atomic E-state index is 13.1. The highest BCUT2D eigenvalue weighted by Crippen LogP contribution is 2.42. The molecule has 0 unspecified atom stereocenters. The van der Waals surface area contributed by atoms with Crippen molar-refractivity contribution in [1.82, 2.24) is 10.2 Å². The Bertz CT molecular complexity index is 1240. The number of anilines is 1. The van der Waals surface area contributed by atoms with Crippen LogP contribution in [0.1, 0.15) is 35.2 Å². The van der Waals surface area contributed by atoms with Gasteiger partial charge in [0.2, 0.25) is 5.91 Å². The predicted molar refractivity (Wildman–Crippen MR) is 133 cm³/mol. The van der Waals surface area contributed by atoms with Crippen molar-refractivity contribution >= 4 is 44.5 Å². The number of piperidine rings is 1. The van der Waals surface area contributed by atoms with Crippen LogP contribution in [-0.4, -0.2) is 61.7 Å². The van der Waals surface area contributed by atoms with Crippen molar-refractivity contribution in [3.63, 3.8) is 0 Å². The van der Waals surface area contributed by atoms with Gasteiger partial charge in [-0.25, -0.2) is 8.42 Å². The number of fused-ring (bicyclic) bond motifs is 3. The summed E-state index contributed by atoms with van der Waals surface area (Å²) in [5, 5.41) is 3.56. The van der Waals surface area contributed by atoms with Gasteiger partial charge in [-0.3, -0.25) is 9.59 Å². The number of hydrogen-bond donors (Lipinski definition) is 1. The largest absolute Gasteiger partial charge is 0.353 e. The second-order valence-electron chi connectivity index (χ2n) is 8.72. The Morgan fingerprint density at radius 1 is 1.06 bits per heavy atom. The number of carbonyl (C=O) groups excluding carboxylic acids is 2. The highest BCUT2D eigenvalue weighted by atomic mass is 32.2. The van der Waals surface area contributed by atoms with Crippen LogP contribution < -0.4 is 10.2 Å². The smallest absolute Gasteiger partial charge is 0.257 e. The molecule has 1 saturated heterocycles. The molecule has 3 aliphatic rings. The Morgan fingerprint density at radius 3 is 2.59 bits per heavy atom. The number of likely N-dealkylation sites (tertiary alicyclic amines) is 1. The number of amidine groups is 1. The number of carbonyl (C=O) groups is 2. The van der Waals surface area contributed by atoms with Crippen LogP contribution in [0.3, 0.4) is 0 Å². The van der Waals surface area contributed by atoms with E-state index in [0.29, 0.717) is 36.8 Å². The van der Waals surface area contributed by atoms with E-state index in [9.17, 15) is 18.0 Å².